The summed E-state index contributed by atoms with van der Waals surface area (Å²) in [5.41, 5.74) is 1.21. The Hall–Kier alpha value is -1.84. The Labute approximate surface area is 106 Å². The Balaban J connectivity index is 2.45. The van der Waals surface area contributed by atoms with Crippen LogP contribution in [0.15, 0.2) is 18.2 Å². The van der Waals surface area contributed by atoms with Gasteiger partial charge >= 0.3 is 5.97 Å². The lowest BCUT2D eigenvalue weighted by Crippen LogP contribution is -2.43. The van der Waals surface area contributed by atoms with Gasteiger partial charge in [0.15, 0.2) is 5.78 Å². The van der Waals surface area contributed by atoms with Crippen LogP contribution in [0.4, 0.5) is 5.69 Å². The lowest BCUT2D eigenvalue weighted by molar-refractivity contribution is 0.0697. The first-order valence-electron chi connectivity index (χ1n) is 6.20. The molecule has 0 fully saturated rings. The van der Waals surface area contributed by atoms with E-state index in [1.807, 2.05) is 0 Å². The maximum atomic E-state index is 12.2. The van der Waals surface area contributed by atoms with Crippen LogP contribution in [-0.2, 0) is 0 Å². The van der Waals surface area contributed by atoms with Crippen LogP contribution in [0.25, 0.3) is 0 Å². The van der Waals surface area contributed by atoms with Gasteiger partial charge < -0.3 is 10.4 Å². The second-order valence-electron chi connectivity index (χ2n) is 4.78. The smallest absolute Gasteiger partial charge is 0.335 e. The van der Waals surface area contributed by atoms with Gasteiger partial charge in [-0.15, -0.1) is 0 Å². The van der Waals surface area contributed by atoms with Crippen molar-refractivity contribution in [3.63, 3.8) is 0 Å². The maximum Gasteiger partial charge on any atom is 0.335 e. The van der Waals surface area contributed by atoms with Crippen molar-refractivity contribution < 1.29 is 14.7 Å². The molecule has 0 atom stereocenters. The number of aromatic carboxylic acids is 1. The van der Waals surface area contributed by atoms with Gasteiger partial charge in [-0.2, -0.15) is 0 Å². The van der Waals surface area contributed by atoms with E-state index in [0.29, 0.717) is 12.0 Å². The Kier molecular flexibility index (Phi) is 3.11. The lowest BCUT2D eigenvalue weighted by Gasteiger charge is -2.38. The minimum atomic E-state index is -1.01. The number of fused-ring (bicyclic) bond motifs is 1. The van der Waals surface area contributed by atoms with Crippen LogP contribution < -0.4 is 5.32 Å². The van der Waals surface area contributed by atoms with E-state index in [0.717, 1.165) is 18.5 Å². The number of rotatable bonds is 3. The zero-order valence-corrected chi connectivity index (χ0v) is 10.6. The summed E-state index contributed by atoms with van der Waals surface area (Å²) in [4.78, 5) is 23.1. The van der Waals surface area contributed by atoms with Gasteiger partial charge in [0.1, 0.15) is 0 Å². The molecule has 2 N–H and O–H groups in total. The molecule has 0 unspecified atom stereocenters. The van der Waals surface area contributed by atoms with Crippen molar-refractivity contribution in [1.82, 2.24) is 0 Å². The van der Waals surface area contributed by atoms with E-state index in [1.54, 1.807) is 6.07 Å². The van der Waals surface area contributed by atoms with Crippen molar-refractivity contribution in [1.29, 1.82) is 0 Å². The van der Waals surface area contributed by atoms with Crippen LogP contribution in [0.2, 0.25) is 0 Å². The first-order valence-corrected chi connectivity index (χ1v) is 6.20. The molecule has 0 saturated carbocycles. The molecule has 1 aromatic carbocycles. The average Bonchev–Trinajstić information content (AvgIpc) is 2.38. The maximum absolute atomic E-state index is 12.2. The van der Waals surface area contributed by atoms with Crippen molar-refractivity contribution in [3.8, 4) is 0 Å². The van der Waals surface area contributed by atoms with E-state index >= 15 is 0 Å². The van der Waals surface area contributed by atoms with Crippen molar-refractivity contribution in [3.05, 3.63) is 29.3 Å². The molecule has 0 bridgehead atoms. The monoisotopic (exact) mass is 247 g/mol. The standard InChI is InChI=1S/C14H17NO3/c1-3-14(4-2)8-12(16)10-7-9(13(17)18)5-6-11(10)15-14/h5-7,15H,3-4,8H2,1-2H3,(H,17,18). The predicted octanol–water partition coefficient (Wildman–Crippen LogP) is 2.94. The fourth-order valence-corrected chi connectivity index (χ4v) is 2.43. The van der Waals surface area contributed by atoms with Crippen molar-refractivity contribution in [2.75, 3.05) is 5.32 Å². The van der Waals surface area contributed by atoms with Gasteiger partial charge in [0, 0.05) is 23.2 Å². The quantitative estimate of drug-likeness (QED) is 0.861. The molecule has 0 amide bonds. The highest BCUT2D eigenvalue weighted by Gasteiger charge is 2.35. The molecular formula is C14H17NO3. The van der Waals surface area contributed by atoms with E-state index in [4.69, 9.17) is 5.11 Å². The second-order valence-corrected chi connectivity index (χ2v) is 4.78. The number of carboxylic acids is 1. The largest absolute Gasteiger partial charge is 0.478 e. The summed E-state index contributed by atoms with van der Waals surface area (Å²) < 4.78 is 0. The molecule has 4 heteroatoms. The Bertz CT molecular complexity index is 504. The summed E-state index contributed by atoms with van der Waals surface area (Å²) in [6.45, 7) is 4.11. The highest BCUT2D eigenvalue weighted by molar-refractivity contribution is 6.05. The number of anilines is 1. The van der Waals surface area contributed by atoms with Gasteiger partial charge in [0.25, 0.3) is 0 Å². The number of nitrogens with one attached hydrogen (secondary N) is 1. The zero-order valence-electron chi connectivity index (χ0n) is 10.6. The number of carboxylic acid groups (broad SMARTS) is 1. The fourth-order valence-electron chi connectivity index (χ4n) is 2.43. The van der Waals surface area contributed by atoms with E-state index in [-0.39, 0.29) is 16.9 Å². The SMILES string of the molecule is CCC1(CC)CC(=O)c2cc(C(=O)O)ccc2N1. The molecule has 0 aliphatic carbocycles. The van der Waals surface area contributed by atoms with E-state index < -0.39 is 5.97 Å². The van der Waals surface area contributed by atoms with Crippen LogP contribution >= 0.6 is 0 Å². The molecule has 0 aromatic heterocycles. The third-order valence-corrected chi connectivity index (χ3v) is 3.82. The number of carbonyl (C=O) groups excluding carboxylic acids is 1. The zero-order chi connectivity index (χ0) is 13.3. The summed E-state index contributed by atoms with van der Waals surface area (Å²) in [6, 6.07) is 4.68. The van der Waals surface area contributed by atoms with Crippen LogP contribution in [0.1, 0.15) is 53.8 Å². The molecule has 1 heterocycles. The lowest BCUT2D eigenvalue weighted by atomic mass is 9.81. The summed E-state index contributed by atoms with van der Waals surface area (Å²) >= 11 is 0. The molecule has 2 rings (SSSR count). The van der Waals surface area contributed by atoms with Gasteiger partial charge in [-0.25, -0.2) is 4.79 Å². The molecular weight excluding hydrogens is 230 g/mol. The summed E-state index contributed by atoms with van der Waals surface area (Å²) in [5.74, 6) is -0.982. The highest BCUT2D eigenvalue weighted by atomic mass is 16.4. The Morgan fingerprint density at radius 1 is 1.39 bits per heavy atom. The first kappa shape index (κ1) is 12.6. The van der Waals surface area contributed by atoms with E-state index in [9.17, 15) is 9.59 Å². The molecule has 0 spiro atoms. The molecule has 0 radical (unpaired) electrons. The predicted molar refractivity (Wildman–Crippen MR) is 69.3 cm³/mol. The van der Waals surface area contributed by atoms with E-state index in [1.165, 1.54) is 12.1 Å². The minimum Gasteiger partial charge on any atom is -0.478 e. The number of benzene rings is 1. The van der Waals surface area contributed by atoms with Gasteiger partial charge in [0.2, 0.25) is 0 Å². The fraction of sp³-hybridized carbons (Fsp3) is 0.429. The van der Waals surface area contributed by atoms with Gasteiger partial charge in [-0.3, -0.25) is 4.79 Å². The van der Waals surface area contributed by atoms with Crippen LogP contribution in [0, 0.1) is 0 Å². The average molecular weight is 247 g/mol. The van der Waals surface area contributed by atoms with Crippen LogP contribution in [-0.4, -0.2) is 22.4 Å². The number of Topliss-reactive ketones (excluding diaryl/α,β-unsaturated/α-hetero) is 1. The molecule has 1 aromatic rings. The minimum absolute atomic E-state index is 0.0237. The molecule has 1 aliphatic rings. The molecule has 96 valence electrons. The molecule has 1 aliphatic heterocycles. The normalized spacial score (nSPS) is 16.9. The summed E-state index contributed by atoms with van der Waals surface area (Å²) in [7, 11) is 0. The van der Waals surface area contributed by atoms with Gasteiger partial charge in [-0.1, -0.05) is 13.8 Å². The summed E-state index contributed by atoms with van der Waals surface area (Å²) in [6.07, 6.45) is 2.17. The molecule has 4 nitrogen and oxygen atoms in total. The first-order chi connectivity index (χ1) is 8.51. The van der Waals surface area contributed by atoms with E-state index in [2.05, 4.69) is 19.2 Å². The highest BCUT2D eigenvalue weighted by Crippen LogP contribution is 2.35. The van der Waals surface area contributed by atoms with Gasteiger partial charge in [-0.05, 0) is 31.0 Å². The number of ketones is 1. The topological polar surface area (TPSA) is 66.4 Å². The van der Waals surface area contributed by atoms with Crippen molar-refractivity contribution in [2.45, 2.75) is 38.6 Å². The Morgan fingerprint density at radius 3 is 2.61 bits per heavy atom. The molecule has 0 saturated heterocycles. The Morgan fingerprint density at radius 2 is 2.06 bits per heavy atom. The number of hydrogen-bond donors (Lipinski definition) is 2. The number of hydrogen-bond acceptors (Lipinski definition) is 3. The second kappa shape index (κ2) is 4.44. The van der Waals surface area contributed by atoms with Crippen molar-refractivity contribution in [2.24, 2.45) is 0 Å². The van der Waals surface area contributed by atoms with Crippen LogP contribution in [0.5, 0.6) is 0 Å². The van der Waals surface area contributed by atoms with Crippen molar-refractivity contribution >= 4 is 17.4 Å². The molecule has 18 heavy (non-hydrogen) atoms. The van der Waals surface area contributed by atoms with Crippen LogP contribution in [0.3, 0.4) is 0 Å². The third-order valence-electron chi connectivity index (χ3n) is 3.82. The number of carbonyl (C=O) groups is 2. The van der Waals surface area contributed by atoms with Gasteiger partial charge in [0.05, 0.1) is 5.56 Å². The third kappa shape index (κ3) is 1.98. The summed E-state index contributed by atoms with van der Waals surface area (Å²) in [5, 5.41) is 12.3.